The van der Waals surface area contributed by atoms with Crippen LogP contribution in [0.4, 0.5) is 5.69 Å². The summed E-state index contributed by atoms with van der Waals surface area (Å²) in [7, 11) is -3.76. The number of anilines is 1. The maximum Gasteiger partial charge on any atom is 0.261 e. The molecule has 0 bridgehead atoms. The Morgan fingerprint density at radius 2 is 1.84 bits per heavy atom. The second kappa shape index (κ2) is 6.48. The summed E-state index contributed by atoms with van der Waals surface area (Å²) in [6.07, 6.45) is 0. The Hall–Kier alpha value is -3.00. The van der Waals surface area contributed by atoms with Crippen molar-refractivity contribution in [2.75, 3.05) is 4.72 Å². The van der Waals surface area contributed by atoms with Crippen molar-refractivity contribution in [1.29, 1.82) is 0 Å². The fraction of sp³-hybridized carbons (Fsp3) is 0.118. The van der Waals surface area contributed by atoms with Crippen molar-refractivity contribution in [3.05, 3.63) is 59.9 Å². The van der Waals surface area contributed by atoms with Gasteiger partial charge < -0.3 is 0 Å². The van der Waals surface area contributed by atoms with Gasteiger partial charge >= 0.3 is 0 Å². The van der Waals surface area contributed by atoms with Gasteiger partial charge in [0.1, 0.15) is 5.82 Å². The normalized spacial score (nSPS) is 11.3. The summed E-state index contributed by atoms with van der Waals surface area (Å²) in [4.78, 5) is 15.6. The lowest BCUT2D eigenvalue weighted by atomic mass is 10.2. The van der Waals surface area contributed by atoms with E-state index in [0.717, 1.165) is 0 Å². The Labute approximate surface area is 145 Å². The summed E-state index contributed by atoms with van der Waals surface area (Å²) in [5.74, 6) is 1.04. The summed E-state index contributed by atoms with van der Waals surface area (Å²) in [6.45, 7) is 3.21. The summed E-state index contributed by atoms with van der Waals surface area (Å²) in [5.41, 5.74) is 1.55. The van der Waals surface area contributed by atoms with E-state index in [4.69, 9.17) is 0 Å². The summed E-state index contributed by atoms with van der Waals surface area (Å²) in [5, 5.41) is 6.81. The van der Waals surface area contributed by atoms with E-state index >= 15 is 0 Å². The first-order valence-electron chi connectivity index (χ1n) is 7.48. The molecule has 0 saturated carbocycles. The van der Waals surface area contributed by atoms with Crippen LogP contribution in [0.15, 0.2) is 53.4 Å². The SMILES string of the molecule is CC(=O)c1ccc(S(=O)(=O)Nc2cccc(-c3n[nH]c(C)n3)c2)cc1. The number of Topliss-reactive ketones (excluding diaryl/α,β-unsaturated/α-hetero) is 1. The number of hydrogen-bond donors (Lipinski definition) is 2. The van der Waals surface area contributed by atoms with Crippen molar-refractivity contribution >= 4 is 21.5 Å². The maximum atomic E-state index is 12.5. The molecule has 0 unspecified atom stereocenters. The Balaban J connectivity index is 1.87. The number of rotatable bonds is 5. The molecule has 0 aliphatic heterocycles. The summed E-state index contributed by atoms with van der Waals surface area (Å²) in [6, 6.07) is 12.6. The minimum absolute atomic E-state index is 0.0802. The first kappa shape index (κ1) is 16.8. The first-order chi connectivity index (χ1) is 11.8. The molecular formula is C17H16N4O3S. The molecule has 0 amide bonds. The lowest BCUT2D eigenvalue weighted by Crippen LogP contribution is -2.13. The minimum Gasteiger partial charge on any atom is -0.295 e. The molecule has 0 fully saturated rings. The quantitative estimate of drug-likeness (QED) is 0.684. The Morgan fingerprint density at radius 1 is 1.12 bits per heavy atom. The average Bonchev–Trinajstić information content (AvgIpc) is 3.01. The Kier molecular flexibility index (Phi) is 4.37. The molecule has 0 aliphatic rings. The van der Waals surface area contributed by atoms with Crippen molar-refractivity contribution in [1.82, 2.24) is 15.2 Å². The second-order valence-electron chi connectivity index (χ2n) is 5.51. The van der Waals surface area contributed by atoms with Gasteiger partial charge in [0.2, 0.25) is 0 Å². The van der Waals surface area contributed by atoms with E-state index in [1.54, 1.807) is 31.2 Å². The highest BCUT2D eigenvalue weighted by Gasteiger charge is 2.15. The van der Waals surface area contributed by atoms with Crippen molar-refractivity contribution in [2.45, 2.75) is 18.7 Å². The van der Waals surface area contributed by atoms with Gasteiger partial charge in [-0.2, -0.15) is 5.10 Å². The van der Waals surface area contributed by atoms with E-state index in [9.17, 15) is 13.2 Å². The van der Waals surface area contributed by atoms with E-state index in [1.165, 1.54) is 31.2 Å². The highest BCUT2D eigenvalue weighted by molar-refractivity contribution is 7.92. The van der Waals surface area contributed by atoms with Gasteiger partial charge in [-0.3, -0.25) is 14.6 Å². The zero-order valence-electron chi connectivity index (χ0n) is 13.6. The summed E-state index contributed by atoms with van der Waals surface area (Å²) < 4.78 is 27.5. The number of nitrogens with one attached hydrogen (secondary N) is 2. The van der Waals surface area contributed by atoms with Gasteiger partial charge in [-0.05, 0) is 38.1 Å². The zero-order chi connectivity index (χ0) is 18.0. The average molecular weight is 356 g/mol. The van der Waals surface area contributed by atoms with E-state index in [-0.39, 0.29) is 10.7 Å². The molecule has 1 heterocycles. The molecule has 0 aliphatic carbocycles. The van der Waals surface area contributed by atoms with Gasteiger partial charge in [-0.15, -0.1) is 0 Å². The van der Waals surface area contributed by atoms with Gasteiger partial charge in [-0.1, -0.05) is 24.3 Å². The number of aromatic amines is 1. The topological polar surface area (TPSA) is 105 Å². The molecule has 3 aromatic rings. The number of benzene rings is 2. The fourth-order valence-corrected chi connectivity index (χ4v) is 3.33. The van der Waals surface area contributed by atoms with Crippen LogP contribution in [0.2, 0.25) is 0 Å². The molecule has 3 rings (SSSR count). The van der Waals surface area contributed by atoms with Crippen LogP contribution in [0.3, 0.4) is 0 Å². The second-order valence-corrected chi connectivity index (χ2v) is 7.19. The third-order valence-electron chi connectivity index (χ3n) is 3.54. The summed E-state index contributed by atoms with van der Waals surface area (Å²) >= 11 is 0. The molecule has 1 aromatic heterocycles. The van der Waals surface area contributed by atoms with E-state index in [0.29, 0.717) is 28.5 Å². The lowest BCUT2D eigenvalue weighted by molar-refractivity contribution is 0.101. The largest absolute Gasteiger partial charge is 0.295 e. The number of nitrogens with zero attached hydrogens (tertiary/aromatic N) is 2. The van der Waals surface area contributed by atoms with Crippen LogP contribution in [0, 0.1) is 6.92 Å². The van der Waals surface area contributed by atoms with Gasteiger partial charge in [0, 0.05) is 16.8 Å². The lowest BCUT2D eigenvalue weighted by Gasteiger charge is -2.09. The molecule has 2 N–H and O–H groups in total. The fourth-order valence-electron chi connectivity index (χ4n) is 2.28. The predicted octanol–water partition coefficient (Wildman–Crippen LogP) is 2.78. The van der Waals surface area contributed by atoms with Crippen LogP contribution in [0.1, 0.15) is 23.1 Å². The monoisotopic (exact) mass is 356 g/mol. The molecule has 7 nitrogen and oxygen atoms in total. The predicted molar refractivity (Wildman–Crippen MR) is 93.8 cm³/mol. The molecule has 0 spiro atoms. The molecule has 2 aromatic carbocycles. The number of hydrogen-bond acceptors (Lipinski definition) is 5. The van der Waals surface area contributed by atoms with Crippen LogP contribution in [0.5, 0.6) is 0 Å². The third-order valence-corrected chi connectivity index (χ3v) is 4.94. The van der Waals surface area contributed by atoms with Crippen molar-refractivity contribution in [3.8, 4) is 11.4 Å². The molecule has 0 radical (unpaired) electrons. The number of carbonyl (C=O) groups is 1. The minimum atomic E-state index is -3.76. The van der Waals surface area contributed by atoms with E-state index < -0.39 is 10.0 Å². The number of ketones is 1. The van der Waals surface area contributed by atoms with E-state index in [1.807, 2.05) is 0 Å². The molecular weight excluding hydrogens is 340 g/mol. The van der Waals surface area contributed by atoms with Crippen LogP contribution in [-0.2, 0) is 10.0 Å². The number of aromatic nitrogens is 3. The molecule has 0 atom stereocenters. The number of aryl methyl sites for hydroxylation is 1. The van der Waals surface area contributed by atoms with Gasteiger partial charge in [-0.25, -0.2) is 13.4 Å². The molecule has 25 heavy (non-hydrogen) atoms. The smallest absolute Gasteiger partial charge is 0.261 e. The van der Waals surface area contributed by atoms with Crippen LogP contribution in [-0.4, -0.2) is 29.4 Å². The molecule has 128 valence electrons. The number of carbonyl (C=O) groups excluding carboxylic acids is 1. The van der Waals surface area contributed by atoms with Crippen LogP contribution >= 0.6 is 0 Å². The highest BCUT2D eigenvalue weighted by Crippen LogP contribution is 2.22. The van der Waals surface area contributed by atoms with Gasteiger partial charge in [0.15, 0.2) is 11.6 Å². The standard InChI is InChI=1S/C17H16N4O3S/c1-11(22)13-6-8-16(9-7-13)25(23,24)21-15-5-3-4-14(10-15)17-18-12(2)19-20-17/h3-10,21H,1-2H3,(H,18,19,20). The highest BCUT2D eigenvalue weighted by atomic mass is 32.2. The van der Waals surface area contributed by atoms with Crippen molar-refractivity contribution in [3.63, 3.8) is 0 Å². The van der Waals surface area contributed by atoms with Crippen LogP contribution < -0.4 is 4.72 Å². The van der Waals surface area contributed by atoms with Crippen LogP contribution in [0.25, 0.3) is 11.4 Å². The van der Waals surface area contributed by atoms with Gasteiger partial charge in [0.05, 0.1) is 4.90 Å². The van der Waals surface area contributed by atoms with Crippen molar-refractivity contribution in [2.24, 2.45) is 0 Å². The zero-order valence-corrected chi connectivity index (χ0v) is 14.5. The number of H-pyrrole nitrogens is 1. The first-order valence-corrected chi connectivity index (χ1v) is 8.97. The van der Waals surface area contributed by atoms with E-state index in [2.05, 4.69) is 19.9 Å². The Bertz CT molecular complexity index is 1020. The number of sulfonamides is 1. The molecule has 8 heteroatoms. The van der Waals surface area contributed by atoms with Gasteiger partial charge in [0.25, 0.3) is 10.0 Å². The van der Waals surface area contributed by atoms with Crippen molar-refractivity contribution < 1.29 is 13.2 Å². The third kappa shape index (κ3) is 3.74. The Morgan fingerprint density at radius 3 is 2.44 bits per heavy atom. The molecule has 0 saturated heterocycles. The maximum absolute atomic E-state index is 12.5.